The smallest absolute Gasteiger partial charge is 0.0772 e. The minimum atomic E-state index is 0.328. The number of hydrogen-bond acceptors (Lipinski definition) is 4. The van der Waals surface area contributed by atoms with Crippen molar-refractivity contribution in [1.82, 2.24) is 10.3 Å². The second kappa shape index (κ2) is 7.76. The minimum absolute atomic E-state index is 0.328. The van der Waals surface area contributed by atoms with Gasteiger partial charge in [0.05, 0.1) is 11.8 Å². The summed E-state index contributed by atoms with van der Waals surface area (Å²) in [5.41, 5.74) is 2.38. The second-order valence-corrected chi connectivity index (χ2v) is 6.52. The summed E-state index contributed by atoms with van der Waals surface area (Å²) < 4.78 is 5.61. The summed E-state index contributed by atoms with van der Waals surface area (Å²) in [7, 11) is 1.82. The van der Waals surface area contributed by atoms with Crippen LogP contribution in [0.25, 0.3) is 0 Å². The molecule has 0 bridgehead atoms. The molecule has 1 aliphatic heterocycles. The lowest BCUT2D eigenvalue weighted by Gasteiger charge is -2.37. The van der Waals surface area contributed by atoms with Crippen LogP contribution in [0.4, 0.5) is 5.69 Å². The summed E-state index contributed by atoms with van der Waals surface area (Å²) >= 11 is 0. The third-order valence-corrected chi connectivity index (χ3v) is 4.22. The molecule has 2 unspecified atom stereocenters. The van der Waals surface area contributed by atoms with Crippen molar-refractivity contribution in [3.63, 3.8) is 0 Å². The summed E-state index contributed by atoms with van der Waals surface area (Å²) in [6.45, 7) is 10.7. The quantitative estimate of drug-likeness (QED) is 0.874. The van der Waals surface area contributed by atoms with Crippen LogP contribution < -0.4 is 10.2 Å². The number of methoxy groups -OCH3 is 1. The van der Waals surface area contributed by atoms with Crippen LogP contribution in [0.3, 0.4) is 0 Å². The number of nitrogens with one attached hydrogen (secondary N) is 1. The fourth-order valence-corrected chi connectivity index (χ4v) is 2.82. The zero-order chi connectivity index (χ0) is 15.2. The van der Waals surface area contributed by atoms with Gasteiger partial charge in [-0.3, -0.25) is 4.98 Å². The van der Waals surface area contributed by atoms with Crippen LogP contribution in [0.15, 0.2) is 18.3 Å². The van der Waals surface area contributed by atoms with Gasteiger partial charge in [0.15, 0.2) is 0 Å². The molecule has 4 nitrogen and oxygen atoms in total. The molecule has 0 radical (unpaired) electrons. The molecule has 1 saturated heterocycles. The number of anilines is 1. The van der Waals surface area contributed by atoms with E-state index in [0.29, 0.717) is 17.9 Å². The van der Waals surface area contributed by atoms with Crippen molar-refractivity contribution in [2.45, 2.75) is 39.8 Å². The number of nitrogens with zero attached hydrogens (tertiary/aromatic N) is 2. The normalized spacial score (nSPS) is 22.8. The van der Waals surface area contributed by atoms with E-state index in [2.05, 4.69) is 48.1 Å². The highest BCUT2D eigenvalue weighted by Gasteiger charge is 2.26. The molecule has 1 fully saturated rings. The Balaban J connectivity index is 1.97. The molecule has 1 aliphatic rings. The second-order valence-electron chi connectivity index (χ2n) is 6.52. The maximum Gasteiger partial charge on any atom is 0.0772 e. The summed E-state index contributed by atoms with van der Waals surface area (Å²) in [5.74, 6) is 1.31. The third kappa shape index (κ3) is 4.68. The third-order valence-electron chi connectivity index (χ3n) is 4.22. The zero-order valence-electron chi connectivity index (χ0n) is 13.8. The van der Waals surface area contributed by atoms with E-state index in [0.717, 1.165) is 31.9 Å². The highest BCUT2D eigenvalue weighted by molar-refractivity contribution is 5.47. The van der Waals surface area contributed by atoms with E-state index in [4.69, 9.17) is 4.74 Å². The molecular weight excluding hydrogens is 262 g/mol. The molecule has 4 heteroatoms. The van der Waals surface area contributed by atoms with Gasteiger partial charge in [-0.05, 0) is 36.9 Å². The molecule has 1 aromatic rings. The van der Waals surface area contributed by atoms with Crippen molar-refractivity contribution in [1.29, 1.82) is 0 Å². The lowest BCUT2D eigenvalue weighted by Crippen LogP contribution is -2.44. The number of ether oxygens (including phenoxy) is 1. The molecule has 1 N–H and O–H groups in total. The van der Waals surface area contributed by atoms with Gasteiger partial charge in [0, 0.05) is 38.6 Å². The Morgan fingerprint density at radius 3 is 3.00 bits per heavy atom. The van der Waals surface area contributed by atoms with Crippen LogP contribution in [-0.2, 0) is 11.3 Å². The van der Waals surface area contributed by atoms with Crippen LogP contribution in [-0.4, -0.2) is 37.8 Å². The number of piperidine rings is 1. The molecule has 1 aromatic heterocycles. The molecule has 21 heavy (non-hydrogen) atoms. The molecule has 0 spiro atoms. The lowest BCUT2D eigenvalue weighted by molar-refractivity contribution is 0.0498. The van der Waals surface area contributed by atoms with Crippen LogP contribution in [0.1, 0.15) is 32.9 Å². The van der Waals surface area contributed by atoms with Crippen molar-refractivity contribution in [2.24, 2.45) is 11.8 Å². The van der Waals surface area contributed by atoms with Crippen molar-refractivity contribution in [2.75, 3.05) is 31.6 Å². The highest BCUT2D eigenvalue weighted by atomic mass is 16.5. The Bertz CT molecular complexity index is 436. The lowest BCUT2D eigenvalue weighted by atomic mass is 9.95. The first-order valence-corrected chi connectivity index (χ1v) is 8.03. The number of pyridine rings is 1. The van der Waals surface area contributed by atoms with Gasteiger partial charge in [-0.1, -0.05) is 20.8 Å². The standard InChI is InChI=1S/C17H29N3O/c1-13(2)10-18-11-15-9-16(5-7-19-15)20-8-6-14(3)17(12-20)21-4/h5,7,9,13-14,17-18H,6,8,10-12H2,1-4H3. The SMILES string of the molecule is COC1CN(c2ccnc(CNCC(C)C)c2)CCC1C. The summed E-state index contributed by atoms with van der Waals surface area (Å²) in [6.07, 6.45) is 3.43. The Kier molecular flexibility index (Phi) is 6.00. The minimum Gasteiger partial charge on any atom is -0.379 e. The van der Waals surface area contributed by atoms with E-state index in [-0.39, 0.29) is 0 Å². The van der Waals surface area contributed by atoms with Crippen LogP contribution in [0.5, 0.6) is 0 Å². The number of rotatable bonds is 6. The Morgan fingerprint density at radius 1 is 1.48 bits per heavy atom. The monoisotopic (exact) mass is 291 g/mol. The van der Waals surface area contributed by atoms with E-state index in [1.54, 1.807) is 0 Å². The van der Waals surface area contributed by atoms with Gasteiger partial charge in [-0.2, -0.15) is 0 Å². The first kappa shape index (κ1) is 16.2. The number of aromatic nitrogens is 1. The molecule has 2 rings (SSSR count). The molecule has 0 saturated carbocycles. The maximum absolute atomic E-state index is 5.61. The van der Waals surface area contributed by atoms with Crippen LogP contribution in [0, 0.1) is 11.8 Å². The van der Waals surface area contributed by atoms with E-state index in [1.165, 1.54) is 12.1 Å². The predicted octanol–water partition coefficient (Wildman–Crippen LogP) is 2.69. The molecule has 2 heterocycles. The van der Waals surface area contributed by atoms with E-state index >= 15 is 0 Å². The molecule has 0 amide bonds. The summed E-state index contributed by atoms with van der Waals surface area (Å²) in [5, 5.41) is 3.45. The van der Waals surface area contributed by atoms with Gasteiger partial charge in [0.2, 0.25) is 0 Å². The van der Waals surface area contributed by atoms with Crippen molar-refractivity contribution in [3.8, 4) is 0 Å². The molecule has 118 valence electrons. The van der Waals surface area contributed by atoms with Gasteiger partial charge in [-0.15, -0.1) is 0 Å². The van der Waals surface area contributed by atoms with Crippen molar-refractivity contribution >= 4 is 5.69 Å². The van der Waals surface area contributed by atoms with E-state index in [9.17, 15) is 0 Å². The Morgan fingerprint density at radius 2 is 2.29 bits per heavy atom. The van der Waals surface area contributed by atoms with Gasteiger partial charge in [-0.25, -0.2) is 0 Å². The van der Waals surface area contributed by atoms with Crippen molar-refractivity contribution < 1.29 is 4.74 Å². The van der Waals surface area contributed by atoms with E-state index in [1.807, 2.05) is 13.3 Å². The first-order valence-electron chi connectivity index (χ1n) is 8.03. The predicted molar refractivity (Wildman–Crippen MR) is 87.6 cm³/mol. The average Bonchev–Trinajstić information content (AvgIpc) is 2.47. The van der Waals surface area contributed by atoms with Gasteiger partial charge in [0.1, 0.15) is 0 Å². The molecule has 0 aromatic carbocycles. The zero-order valence-corrected chi connectivity index (χ0v) is 13.8. The largest absolute Gasteiger partial charge is 0.379 e. The first-order chi connectivity index (χ1) is 10.1. The highest BCUT2D eigenvalue weighted by Crippen LogP contribution is 2.24. The fourth-order valence-electron chi connectivity index (χ4n) is 2.82. The molecule has 2 atom stereocenters. The van der Waals surface area contributed by atoms with Crippen LogP contribution in [0.2, 0.25) is 0 Å². The van der Waals surface area contributed by atoms with Gasteiger partial charge >= 0.3 is 0 Å². The molecular formula is C17H29N3O. The average molecular weight is 291 g/mol. The fraction of sp³-hybridized carbons (Fsp3) is 0.706. The van der Waals surface area contributed by atoms with Gasteiger partial charge < -0.3 is 15.0 Å². The van der Waals surface area contributed by atoms with Crippen molar-refractivity contribution in [3.05, 3.63) is 24.0 Å². The summed E-state index contributed by atoms with van der Waals surface area (Å²) in [4.78, 5) is 6.88. The summed E-state index contributed by atoms with van der Waals surface area (Å²) in [6, 6.07) is 4.31. The topological polar surface area (TPSA) is 37.4 Å². The molecule has 0 aliphatic carbocycles. The Hall–Kier alpha value is -1.13. The maximum atomic E-state index is 5.61. The van der Waals surface area contributed by atoms with Crippen LogP contribution >= 0.6 is 0 Å². The Labute approximate surface area is 128 Å². The number of hydrogen-bond donors (Lipinski definition) is 1. The van der Waals surface area contributed by atoms with E-state index < -0.39 is 0 Å². The van der Waals surface area contributed by atoms with Gasteiger partial charge in [0.25, 0.3) is 0 Å².